The molecule has 0 spiro atoms. The Labute approximate surface area is 187 Å². The van der Waals surface area contributed by atoms with Gasteiger partial charge in [-0.1, -0.05) is 6.07 Å². The molecule has 3 aliphatic heterocycles. The molecule has 2 aromatic rings. The first-order chi connectivity index (χ1) is 15.5. The Hall–Kier alpha value is -3.26. The van der Waals surface area contributed by atoms with Crippen molar-refractivity contribution in [2.24, 2.45) is 0 Å². The molecule has 0 saturated carbocycles. The highest BCUT2D eigenvalue weighted by Gasteiger charge is 2.55. The molecule has 0 aromatic heterocycles. The van der Waals surface area contributed by atoms with E-state index in [0.29, 0.717) is 36.4 Å². The van der Waals surface area contributed by atoms with Crippen LogP contribution in [0.5, 0.6) is 17.2 Å². The van der Waals surface area contributed by atoms with Crippen molar-refractivity contribution in [3.05, 3.63) is 48.0 Å². The molecular weight excluding hydrogens is 410 g/mol. The highest BCUT2D eigenvalue weighted by atomic mass is 16.7. The highest BCUT2D eigenvalue weighted by molar-refractivity contribution is 6.02. The summed E-state index contributed by atoms with van der Waals surface area (Å²) >= 11 is 0. The van der Waals surface area contributed by atoms with Gasteiger partial charge in [0.05, 0.1) is 19.6 Å². The average Bonchev–Trinajstić information content (AvgIpc) is 3.27. The van der Waals surface area contributed by atoms with Gasteiger partial charge in [-0.25, -0.2) is 0 Å². The molecule has 2 fully saturated rings. The minimum absolute atomic E-state index is 0.00195. The molecule has 32 heavy (non-hydrogen) atoms. The maximum Gasteiger partial charge on any atom is 0.250 e. The highest BCUT2D eigenvalue weighted by Crippen LogP contribution is 2.47. The van der Waals surface area contributed by atoms with E-state index in [1.54, 1.807) is 24.1 Å². The largest absolute Gasteiger partial charge is 0.497 e. The van der Waals surface area contributed by atoms with Gasteiger partial charge in [-0.3, -0.25) is 9.59 Å². The molecule has 3 aliphatic rings. The molecule has 0 radical (unpaired) electrons. The van der Waals surface area contributed by atoms with Crippen molar-refractivity contribution in [3.63, 3.8) is 0 Å². The smallest absolute Gasteiger partial charge is 0.250 e. The van der Waals surface area contributed by atoms with Gasteiger partial charge in [-0.15, -0.1) is 0 Å². The Bertz CT molecular complexity index is 1030. The second-order valence-electron chi connectivity index (χ2n) is 8.61. The summed E-state index contributed by atoms with van der Waals surface area (Å²) in [6.07, 6.45) is 1.55. The van der Waals surface area contributed by atoms with E-state index in [1.165, 1.54) is 0 Å². The number of nitrogens with one attached hydrogen (secondary N) is 1. The number of rotatable bonds is 5. The minimum atomic E-state index is -0.900. The summed E-state index contributed by atoms with van der Waals surface area (Å²) in [5.74, 6) is 1.97. The van der Waals surface area contributed by atoms with E-state index in [2.05, 4.69) is 10.2 Å². The van der Waals surface area contributed by atoms with Crippen LogP contribution in [0.2, 0.25) is 0 Å². The number of β-lactam (4-membered cyclic amide) rings is 1. The van der Waals surface area contributed by atoms with E-state index in [4.69, 9.17) is 14.2 Å². The molecule has 1 N–H and O–H groups in total. The van der Waals surface area contributed by atoms with Gasteiger partial charge in [-0.05, 0) is 61.9 Å². The number of ether oxygens (including phenoxy) is 3. The van der Waals surface area contributed by atoms with E-state index in [9.17, 15) is 9.59 Å². The molecule has 1 atom stereocenters. The Balaban J connectivity index is 1.44. The van der Waals surface area contributed by atoms with E-state index in [-0.39, 0.29) is 24.6 Å². The maximum absolute atomic E-state index is 13.7. The number of benzene rings is 2. The van der Waals surface area contributed by atoms with Gasteiger partial charge in [0.1, 0.15) is 11.3 Å². The number of amides is 2. The summed E-state index contributed by atoms with van der Waals surface area (Å²) in [5.41, 5.74) is 0.745. The summed E-state index contributed by atoms with van der Waals surface area (Å²) in [6.45, 7) is 1.69. The molecule has 0 bridgehead atoms. The van der Waals surface area contributed by atoms with Gasteiger partial charge in [0.2, 0.25) is 18.6 Å². The Morgan fingerprint density at radius 3 is 2.50 bits per heavy atom. The van der Waals surface area contributed by atoms with Crippen LogP contribution in [-0.4, -0.2) is 61.2 Å². The SMILES string of the molecule is COc1ccc(NC(=O)C2(N3C(=O)CC3c3ccc4c(c3)OCO4)CCN(C)CC2)cc1. The average molecular weight is 437 g/mol. The predicted molar refractivity (Wildman–Crippen MR) is 118 cm³/mol. The normalized spacial score (nSPS) is 21.8. The zero-order valence-corrected chi connectivity index (χ0v) is 18.3. The first-order valence-electron chi connectivity index (χ1n) is 10.9. The Morgan fingerprint density at radius 1 is 1.09 bits per heavy atom. The van der Waals surface area contributed by atoms with Crippen LogP contribution in [-0.2, 0) is 9.59 Å². The van der Waals surface area contributed by atoms with Crippen molar-refractivity contribution in [1.29, 1.82) is 0 Å². The van der Waals surface area contributed by atoms with Crippen molar-refractivity contribution in [1.82, 2.24) is 9.80 Å². The Morgan fingerprint density at radius 2 is 1.81 bits per heavy atom. The van der Waals surface area contributed by atoms with Gasteiger partial charge in [0.25, 0.3) is 0 Å². The van der Waals surface area contributed by atoms with Crippen molar-refractivity contribution >= 4 is 17.5 Å². The molecule has 168 valence electrons. The summed E-state index contributed by atoms with van der Waals surface area (Å²) in [5, 5.41) is 3.05. The van der Waals surface area contributed by atoms with Crippen LogP contribution in [0, 0.1) is 0 Å². The lowest BCUT2D eigenvalue weighted by atomic mass is 9.78. The molecule has 8 nitrogen and oxygen atoms in total. The number of carbonyl (C=O) groups excluding carboxylic acids is 2. The number of fused-ring (bicyclic) bond motifs is 1. The molecule has 0 aliphatic carbocycles. The molecule has 5 rings (SSSR count). The minimum Gasteiger partial charge on any atom is -0.497 e. The third-order valence-corrected chi connectivity index (χ3v) is 6.78. The van der Waals surface area contributed by atoms with E-state index >= 15 is 0 Å². The van der Waals surface area contributed by atoms with Crippen molar-refractivity contribution in [3.8, 4) is 17.2 Å². The monoisotopic (exact) mass is 437 g/mol. The van der Waals surface area contributed by atoms with Crippen LogP contribution in [0.4, 0.5) is 5.69 Å². The Kier molecular flexibility index (Phi) is 5.17. The lowest BCUT2D eigenvalue weighted by Gasteiger charge is -2.54. The summed E-state index contributed by atoms with van der Waals surface area (Å²) in [7, 11) is 3.64. The number of carbonyl (C=O) groups is 2. The number of methoxy groups -OCH3 is 1. The standard InChI is InChI=1S/C24H27N3O5/c1-26-11-9-24(10-12-26,23(29)25-17-4-6-18(30-2)7-5-17)27-19(14-22(27)28)16-3-8-20-21(13-16)32-15-31-20/h3-8,13,19H,9-12,14-15H2,1-2H3,(H,25,29). The molecule has 8 heteroatoms. The first-order valence-corrected chi connectivity index (χ1v) is 10.9. The van der Waals surface area contributed by atoms with Gasteiger partial charge >= 0.3 is 0 Å². The molecule has 2 saturated heterocycles. The van der Waals surface area contributed by atoms with Gasteiger partial charge in [0, 0.05) is 18.8 Å². The van der Waals surface area contributed by atoms with E-state index in [1.807, 2.05) is 37.4 Å². The number of hydrogen-bond donors (Lipinski definition) is 1. The van der Waals surface area contributed by atoms with Crippen LogP contribution in [0.15, 0.2) is 42.5 Å². The van der Waals surface area contributed by atoms with Crippen LogP contribution in [0.3, 0.4) is 0 Å². The number of hydrogen-bond acceptors (Lipinski definition) is 6. The second kappa shape index (κ2) is 8.02. The number of nitrogens with zero attached hydrogens (tertiary/aromatic N) is 2. The van der Waals surface area contributed by atoms with Crippen molar-refractivity contribution < 1.29 is 23.8 Å². The van der Waals surface area contributed by atoms with Crippen molar-refractivity contribution in [2.45, 2.75) is 30.8 Å². The van der Waals surface area contributed by atoms with Gasteiger partial charge in [0.15, 0.2) is 11.5 Å². The summed E-state index contributed by atoms with van der Waals surface area (Å²) < 4.78 is 16.2. The fourth-order valence-electron chi connectivity index (χ4n) is 4.83. The van der Waals surface area contributed by atoms with Gasteiger partial charge in [-0.2, -0.15) is 0 Å². The molecule has 1 unspecified atom stereocenters. The molecule has 2 aromatic carbocycles. The predicted octanol–water partition coefficient (Wildman–Crippen LogP) is 2.80. The maximum atomic E-state index is 13.7. The molecular formula is C24H27N3O5. The number of piperidine rings is 1. The topological polar surface area (TPSA) is 80.3 Å². The van der Waals surface area contributed by atoms with Crippen LogP contribution >= 0.6 is 0 Å². The lowest BCUT2D eigenvalue weighted by molar-refractivity contribution is -0.167. The third-order valence-electron chi connectivity index (χ3n) is 6.78. The quantitative estimate of drug-likeness (QED) is 0.725. The summed E-state index contributed by atoms with van der Waals surface area (Å²) in [4.78, 5) is 30.6. The number of likely N-dealkylation sites (tertiary alicyclic amines) is 2. The van der Waals surface area contributed by atoms with Crippen molar-refractivity contribution in [2.75, 3.05) is 39.4 Å². The van der Waals surface area contributed by atoms with E-state index < -0.39 is 5.54 Å². The fourth-order valence-corrected chi connectivity index (χ4v) is 4.83. The number of anilines is 1. The van der Waals surface area contributed by atoms with Crippen LogP contribution in [0.1, 0.15) is 30.9 Å². The van der Waals surface area contributed by atoms with Crippen LogP contribution in [0.25, 0.3) is 0 Å². The fraction of sp³-hybridized carbons (Fsp3) is 0.417. The van der Waals surface area contributed by atoms with Crippen LogP contribution < -0.4 is 19.5 Å². The lowest BCUT2D eigenvalue weighted by Crippen LogP contribution is -2.68. The third kappa shape index (κ3) is 3.44. The van der Waals surface area contributed by atoms with E-state index in [0.717, 1.165) is 24.4 Å². The first kappa shape index (κ1) is 20.6. The van der Waals surface area contributed by atoms with Gasteiger partial charge < -0.3 is 29.3 Å². The zero-order valence-electron chi connectivity index (χ0n) is 18.3. The summed E-state index contributed by atoms with van der Waals surface area (Å²) in [6, 6.07) is 12.8. The second-order valence-corrected chi connectivity index (χ2v) is 8.61. The molecule has 2 amide bonds. The molecule has 3 heterocycles. The zero-order chi connectivity index (χ0) is 22.3.